The summed E-state index contributed by atoms with van der Waals surface area (Å²) < 4.78 is 11.2. The van der Waals surface area contributed by atoms with Gasteiger partial charge in [0.15, 0.2) is 0 Å². The summed E-state index contributed by atoms with van der Waals surface area (Å²) in [7, 11) is 0. The van der Waals surface area contributed by atoms with E-state index in [2.05, 4.69) is 0 Å². The fourth-order valence-electron chi connectivity index (χ4n) is 2.08. The molecule has 0 saturated heterocycles. The molecule has 0 fully saturated rings. The van der Waals surface area contributed by atoms with E-state index in [4.69, 9.17) is 19.7 Å². The van der Waals surface area contributed by atoms with Crippen LogP contribution in [0.15, 0.2) is 48.5 Å². The molecule has 2 rings (SSSR count). The first-order chi connectivity index (χ1) is 10.8. The van der Waals surface area contributed by atoms with Gasteiger partial charge in [-0.1, -0.05) is 24.3 Å². The van der Waals surface area contributed by atoms with Crippen molar-refractivity contribution in [3.8, 4) is 11.5 Å². The van der Waals surface area contributed by atoms with E-state index < -0.39 is 0 Å². The highest BCUT2D eigenvalue weighted by Gasteiger charge is 1.98. The average molecular weight is 302 g/mol. The van der Waals surface area contributed by atoms with Crippen LogP contribution < -0.4 is 9.47 Å². The average Bonchev–Trinajstić information content (AvgIpc) is 2.55. The molecular formula is C18H22O4. The lowest BCUT2D eigenvalue weighted by molar-refractivity contribution is 0.217. The predicted molar refractivity (Wildman–Crippen MR) is 85.5 cm³/mol. The van der Waals surface area contributed by atoms with Crippen LogP contribution in [-0.4, -0.2) is 36.6 Å². The predicted octanol–water partition coefficient (Wildman–Crippen LogP) is 2.21. The minimum absolute atomic E-state index is 0.158. The van der Waals surface area contributed by atoms with Crippen LogP contribution in [0.4, 0.5) is 0 Å². The quantitative estimate of drug-likeness (QED) is 0.697. The van der Waals surface area contributed by atoms with E-state index >= 15 is 0 Å². The molecule has 4 heteroatoms. The number of aliphatic hydroxyl groups excluding tert-OH is 2. The molecule has 0 unspecified atom stereocenters. The SMILES string of the molecule is OCCc1ccc(OCCOc2ccc(CCO)cc2)cc1. The molecule has 22 heavy (non-hydrogen) atoms. The van der Waals surface area contributed by atoms with Crippen molar-refractivity contribution in [2.75, 3.05) is 26.4 Å². The van der Waals surface area contributed by atoms with E-state index in [-0.39, 0.29) is 13.2 Å². The molecule has 0 amide bonds. The molecular weight excluding hydrogens is 280 g/mol. The largest absolute Gasteiger partial charge is 0.490 e. The van der Waals surface area contributed by atoms with Gasteiger partial charge in [-0.2, -0.15) is 0 Å². The molecule has 0 spiro atoms. The van der Waals surface area contributed by atoms with Gasteiger partial charge in [-0.3, -0.25) is 0 Å². The van der Waals surface area contributed by atoms with Gasteiger partial charge < -0.3 is 19.7 Å². The fraction of sp³-hybridized carbons (Fsp3) is 0.333. The molecule has 2 aromatic rings. The Morgan fingerprint density at radius 1 is 0.591 bits per heavy atom. The van der Waals surface area contributed by atoms with Gasteiger partial charge in [-0.15, -0.1) is 0 Å². The number of rotatable bonds is 9. The standard InChI is InChI=1S/C18H22O4/c19-11-9-15-1-5-17(6-2-15)21-13-14-22-18-7-3-16(4-8-18)10-12-20/h1-8,19-20H,9-14H2. The molecule has 0 saturated carbocycles. The lowest BCUT2D eigenvalue weighted by Crippen LogP contribution is -2.09. The third-order valence-electron chi connectivity index (χ3n) is 3.27. The van der Waals surface area contributed by atoms with E-state index in [0.717, 1.165) is 22.6 Å². The van der Waals surface area contributed by atoms with Crippen molar-refractivity contribution in [3.63, 3.8) is 0 Å². The van der Waals surface area contributed by atoms with Crippen LogP contribution in [0.5, 0.6) is 11.5 Å². The second-order valence-electron chi connectivity index (χ2n) is 4.93. The number of hydrogen-bond acceptors (Lipinski definition) is 4. The minimum atomic E-state index is 0.158. The van der Waals surface area contributed by atoms with Crippen molar-refractivity contribution < 1.29 is 19.7 Å². The summed E-state index contributed by atoms with van der Waals surface area (Å²) in [6.45, 7) is 1.26. The summed E-state index contributed by atoms with van der Waals surface area (Å²) in [6, 6.07) is 15.4. The highest BCUT2D eigenvalue weighted by molar-refractivity contribution is 5.28. The summed E-state index contributed by atoms with van der Waals surface area (Å²) in [4.78, 5) is 0. The van der Waals surface area contributed by atoms with Crippen molar-refractivity contribution >= 4 is 0 Å². The van der Waals surface area contributed by atoms with E-state index in [9.17, 15) is 0 Å². The monoisotopic (exact) mass is 302 g/mol. The maximum absolute atomic E-state index is 8.86. The summed E-state index contributed by atoms with van der Waals surface area (Å²) in [6.07, 6.45) is 1.32. The zero-order valence-corrected chi connectivity index (χ0v) is 12.6. The molecule has 0 aliphatic heterocycles. The van der Waals surface area contributed by atoms with Gasteiger partial charge in [0.25, 0.3) is 0 Å². The summed E-state index contributed by atoms with van der Waals surface area (Å²) in [5.74, 6) is 1.59. The van der Waals surface area contributed by atoms with E-state index in [0.29, 0.717) is 26.1 Å². The fourth-order valence-corrected chi connectivity index (χ4v) is 2.08. The number of aliphatic hydroxyl groups is 2. The molecule has 0 atom stereocenters. The molecule has 0 radical (unpaired) electrons. The first-order valence-electron chi connectivity index (χ1n) is 7.47. The maximum atomic E-state index is 8.86. The van der Waals surface area contributed by atoms with Gasteiger partial charge in [0.05, 0.1) is 0 Å². The van der Waals surface area contributed by atoms with Gasteiger partial charge in [-0.25, -0.2) is 0 Å². The van der Waals surface area contributed by atoms with E-state index in [1.807, 2.05) is 48.5 Å². The molecule has 0 bridgehead atoms. The Morgan fingerprint density at radius 2 is 0.955 bits per heavy atom. The lowest BCUT2D eigenvalue weighted by Gasteiger charge is -2.09. The van der Waals surface area contributed by atoms with E-state index in [1.165, 1.54) is 0 Å². The Morgan fingerprint density at radius 3 is 1.27 bits per heavy atom. The van der Waals surface area contributed by atoms with Crippen molar-refractivity contribution in [1.29, 1.82) is 0 Å². The summed E-state index contributed by atoms with van der Waals surface area (Å²) >= 11 is 0. The van der Waals surface area contributed by atoms with E-state index in [1.54, 1.807) is 0 Å². The molecule has 2 N–H and O–H groups in total. The molecule has 118 valence electrons. The number of hydrogen-bond donors (Lipinski definition) is 2. The van der Waals surface area contributed by atoms with Crippen LogP contribution in [0.1, 0.15) is 11.1 Å². The minimum Gasteiger partial charge on any atom is -0.490 e. The van der Waals surface area contributed by atoms with Crippen LogP contribution in [0.25, 0.3) is 0 Å². The van der Waals surface area contributed by atoms with Crippen LogP contribution >= 0.6 is 0 Å². The van der Waals surface area contributed by atoms with Crippen LogP contribution in [-0.2, 0) is 12.8 Å². The highest BCUT2D eigenvalue weighted by Crippen LogP contribution is 2.14. The first-order valence-corrected chi connectivity index (χ1v) is 7.47. The Balaban J connectivity index is 1.70. The van der Waals surface area contributed by atoms with Gasteiger partial charge >= 0.3 is 0 Å². The number of ether oxygens (including phenoxy) is 2. The lowest BCUT2D eigenvalue weighted by atomic mass is 10.1. The first kappa shape index (κ1) is 16.3. The van der Waals surface area contributed by atoms with Gasteiger partial charge in [0.2, 0.25) is 0 Å². The zero-order valence-electron chi connectivity index (χ0n) is 12.6. The normalized spacial score (nSPS) is 10.5. The summed E-state index contributed by atoms with van der Waals surface area (Å²) in [5, 5.41) is 17.7. The molecule has 0 aliphatic rings. The second kappa shape index (κ2) is 9.07. The molecule has 0 aliphatic carbocycles. The Hall–Kier alpha value is -2.04. The van der Waals surface area contributed by atoms with Crippen molar-refractivity contribution in [2.45, 2.75) is 12.8 Å². The smallest absolute Gasteiger partial charge is 0.122 e. The van der Waals surface area contributed by atoms with Crippen molar-refractivity contribution in [3.05, 3.63) is 59.7 Å². The Kier molecular flexibility index (Phi) is 6.74. The summed E-state index contributed by atoms with van der Waals surface area (Å²) in [5.41, 5.74) is 2.18. The Bertz CT molecular complexity index is 483. The molecule has 4 nitrogen and oxygen atoms in total. The molecule has 2 aromatic carbocycles. The van der Waals surface area contributed by atoms with Crippen LogP contribution in [0.3, 0.4) is 0 Å². The maximum Gasteiger partial charge on any atom is 0.122 e. The van der Waals surface area contributed by atoms with Crippen LogP contribution in [0.2, 0.25) is 0 Å². The van der Waals surface area contributed by atoms with Gasteiger partial charge in [-0.05, 0) is 48.2 Å². The third-order valence-corrected chi connectivity index (χ3v) is 3.27. The highest BCUT2D eigenvalue weighted by atomic mass is 16.5. The zero-order chi connectivity index (χ0) is 15.6. The van der Waals surface area contributed by atoms with Gasteiger partial charge in [0.1, 0.15) is 24.7 Å². The second-order valence-corrected chi connectivity index (χ2v) is 4.93. The molecule has 0 heterocycles. The van der Waals surface area contributed by atoms with Crippen molar-refractivity contribution in [1.82, 2.24) is 0 Å². The van der Waals surface area contributed by atoms with Gasteiger partial charge in [0, 0.05) is 13.2 Å². The van der Waals surface area contributed by atoms with Crippen molar-refractivity contribution in [2.24, 2.45) is 0 Å². The van der Waals surface area contributed by atoms with Crippen LogP contribution in [0, 0.1) is 0 Å². The number of benzene rings is 2. The Labute approximate surface area is 130 Å². The third kappa shape index (κ3) is 5.39. The topological polar surface area (TPSA) is 58.9 Å². The molecule has 0 aromatic heterocycles.